The molecule has 29 heavy (non-hydrogen) atoms. The fraction of sp³-hybridized carbons (Fsp3) is 0.864. The lowest BCUT2D eigenvalue weighted by atomic mass is 10.0. The van der Waals surface area contributed by atoms with Crippen LogP contribution in [-0.2, 0) is 14.4 Å². The Kier molecular flexibility index (Phi) is 23.1. The van der Waals surface area contributed by atoms with Crippen LogP contribution in [0.4, 0.5) is 0 Å². The molecule has 0 radical (unpaired) electrons. The normalized spacial score (nSPS) is 11.4. The van der Waals surface area contributed by atoms with Crippen molar-refractivity contribution in [3.05, 3.63) is 0 Å². The third kappa shape index (κ3) is 31.3. The number of hydrogen-bond acceptors (Lipinski definition) is 4. The van der Waals surface area contributed by atoms with E-state index in [-0.39, 0.29) is 18.9 Å². The number of aliphatic carboxylic acids is 3. The van der Waals surface area contributed by atoms with Crippen LogP contribution < -0.4 is 0 Å². The van der Waals surface area contributed by atoms with E-state index in [9.17, 15) is 19.5 Å². The first kappa shape index (κ1) is 29.6. The third-order valence-electron chi connectivity index (χ3n) is 4.62. The summed E-state index contributed by atoms with van der Waals surface area (Å²) >= 11 is 0. The lowest BCUT2D eigenvalue weighted by Crippen LogP contribution is -2.05. The zero-order valence-electron chi connectivity index (χ0n) is 18.1. The van der Waals surface area contributed by atoms with E-state index < -0.39 is 17.9 Å². The minimum Gasteiger partial charge on any atom is -0.481 e. The number of aliphatic hydroxyl groups is 1. The Morgan fingerprint density at radius 2 is 0.897 bits per heavy atom. The fourth-order valence-corrected chi connectivity index (χ4v) is 2.88. The quantitative estimate of drug-likeness (QED) is 0.211. The van der Waals surface area contributed by atoms with Gasteiger partial charge in [0, 0.05) is 6.42 Å². The summed E-state index contributed by atoms with van der Waals surface area (Å²) in [5.74, 6) is -2.83. The van der Waals surface area contributed by atoms with Crippen LogP contribution in [0.2, 0.25) is 0 Å². The summed E-state index contributed by atoms with van der Waals surface area (Å²) in [5.41, 5.74) is 0. The SMILES string of the molecule is CCCCCCC(O)CCCCCCCCCCC(=O)O.O=C(O)CCC(=O)O. The van der Waals surface area contributed by atoms with Gasteiger partial charge in [-0.2, -0.15) is 0 Å². The van der Waals surface area contributed by atoms with Gasteiger partial charge in [0.2, 0.25) is 0 Å². The zero-order valence-corrected chi connectivity index (χ0v) is 18.1. The molecule has 0 aromatic carbocycles. The number of rotatable bonds is 19. The van der Waals surface area contributed by atoms with Crippen LogP contribution in [0.3, 0.4) is 0 Å². The molecule has 0 fully saturated rings. The second-order valence-electron chi connectivity index (χ2n) is 7.55. The van der Waals surface area contributed by atoms with E-state index in [1.165, 1.54) is 51.4 Å². The van der Waals surface area contributed by atoms with Crippen LogP contribution in [0, 0.1) is 0 Å². The molecule has 4 N–H and O–H groups in total. The molecule has 0 saturated heterocycles. The van der Waals surface area contributed by atoms with Crippen molar-refractivity contribution < 1.29 is 34.8 Å². The molecular weight excluding hydrogens is 376 g/mol. The Bertz CT molecular complexity index is 396. The smallest absolute Gasteiger partial charge is 0.303 e. The highest BCUT2D eigenvalue weighted by atomic mass is 16.4. The van der Waals surface area contributed by atoms with E-state index in [4.69, 9.17) is 15.3 Å². The molecule has 172 valence electrons. The van der Waals surface area contributed by atoms with E-state index in [1.54, 1.807) is 0 Å². The van der Waals surface area contributed by atoms with Gasteiger partial charge in [-0.1, -0.05) is 77.6 Å². The van der Waals surface area contributed by atoms with Crippen LogP contribution in [0.15, 0.2) is 0 Å². The van der Waals surface area contributed by atoms with Crippen LogP contribution in [-0.4, -0.2) is 44.4 Å². The standard InChI is InChI=1S/C18H36O3.C4H6O4/c1-2-3-4-11-14-17(19)15-12-9-7-5-6-8-10-13-16-18(20)21;5-3(6)1-2-4(7)8/h17,19H,2-16H2,1H3,(H,20,21);1-2H2,(H,5,6)(H,7,8). The van der Waals surface area contributed by atoms with Crippen molar-refractivity contribution in [1.29, 1.82) is 0 Å². The molecule has 0 amide bonds. The average Bonchev–Trinajstić information content (AvgIpc) is 2.65. The molecule has 0 bridgehead atoms. The second kappa shape index (κ2) is 22.7. The molecule has 0 aliphatic heterocycles. The predicted molar refractivity (Wildman–Crippen MR) is 113 cm³/mol. The number of hydrogen-bond donors (Lipinski definition) is 4. The van der Waals surface area contributed by atoms with E-state index in [0.717, 1.165) is 38.5 Å². The van der Waals surface area contributed by atoms with Crippen molar-refractivity contribution in [2.24, 2.45) is 0 Å². The van der Waals surface area contributed by atoms with Gasteiger partial charge in [0.25, 0.3) is 0 Å². The van der Waals surface area contributed by atoms with Crippen LogP contribution in [0.1, 0.15) is 116 Å². The first-order valence-corrected chi connectivity index (χ1v) is 11.1. The summed E-state index contributed by atoms with van der Waals surface area (Å²) in [6.07, 6.45) is 15.7. The number of carboxylic acids is 3. The van der Waals surface area contributed by atoms with E-state index in [0.29, 0.717) is 6.42 Å². The molecule has 7 nitrogen and oxygen atoms in total. The van der Waals surface area contributed by atoms with Gasteiger partial charge in [-0.15, -0.1) is 0 Å². The maximum atomic E-state index is 10.3. The van der Waals surface area contributed by atoms with Crippen molar-refractivity contribution in [3.8, 4) is 0 Å². The molecule has 1 unspecified atom stereocenters. The molecule has 7 heteroatoms. The summed E-state index contributed by atoms with van der Waals surface area (Å²) in [4.78, 5) is 29.6. The van der Waals surface area contributed by atoms with Gasteiger partial charge in [0.15, 0.2) is 0 Å². The first-order valence-electron chi connectivity index (χ1n) is 11.1. The van der Waals surface area contributed by atoms with Gasteiger partial charge in [0.05, 0.1) is 18.9 Å². The Labute approximate surface area is 175 Å². The van der Waals surface area contributed by atoms with Crippen LogP contribution >= 0.6 is 0 Å². The number of unbranched alkanes of at least 4 members (excludes halogenated alkanes) is 10. The second-order valence-corrected chi connectivity index (χ2v) is 7.55. The Balaban J connectivity index is 0. The van der Waals surface area contributed by atoms with E-state index in [2.05, 4.69) is 6.92 Å². The third-order valence-corrected chi connectivity index (χ3v) is 4.62. The van der Waals surface area contributed by atoms with E-state index >= 15 is 0 Å². The molecule has 0 saturated carbocycles. The summed E-state index contributed by atoms with van der Waals surface area (Å²) in [6, 6.07) is 0. The Morgan fingerprint density at radius 1 is 0.552 bits per heavy atom. The summed E-state index contributed by atoms with van der Waals surface area (Å²) < 4.78 is 0. The lowest BCUT2D eigenvalue weighted by Gasteiger charge is -2.10. The highest BCUT2D eigenvalue weighted by Gasteiger charge is 2.03. The maximum absolute atomic E-state index is 10.3. The Hall–Kier alpha value is -1.63. The van der Waals surface area contributed by atoms with Gasteiger partial charge < -0.3 is 20.4 Å². The van der Waals surface area contributed by atoms with E-state index in [1.807, 2.05) is 0 Å². The number of aliphatic hydroxyl groups excluding tert-OH is 1. The summed E-state index contributed by atoms with van der Waals surface area (Å²) in [6.45, 7) is 2.21. The monoisotopic (exact) mass is 418 g/mol. The minimum atomic E-state index is -1.08. The van der Waals surface area contributed by atoms with Gasteiger partial charge in [-0.25, -0.2) is 0 Å². The molecule has 0 aromatic rings. The van der Waals surface area contributed by atoms with Gasteiger partial charge in [-0.05, 0) is 19.3 Å². The average molecular weight is 419 g/mol. The molecule has 0 rings (SSSR count). The highest BCUT2D eigenvalue weighted by molar-refractivity contribution is 5.75. The number of carbonyl (C=O) groups is 3. The van der Waals surface area contributed by atoms with Gasteiger partial charge in [-0.3, -0.25) is 14.4 Å². The van der Waals surface area contributed by atoms with Crippen molar-refractivity contribution in [2.75, 3.05) is 0 Å². The first-order chi connectivity index (χ1) is 13.8. The van der Waals surface area contributed by atoms with Crippen LogP contribution in [0.5, 0.6) is 0 Å². The predicted octanol–water partition coefficient (Wildman–Crippen LogP) is 5.24. The molecule has 0 spiro atoms. The van der Waals surface area contributed by atoms with Gasteiger partial charge in [0.1, 0.15) is 0 Å². The molecule has 0 aliphatic carbocycles. The fourth-order valence-electron chi connectivity index (χ4n) is 2.88. The van der Waals surface area contributed by atoms with Crippen LogP contribution in [0.25, 0.3) is 0 Å². The van der Waals surface area contributed by atoms with Gasteiger partial charge >= 0.3 is 17.9 Å². The highest BCUT2D eigenvalue weighted by Crippen LogP contribution is 2.14. The maximum Gasteiger partial charge on any atom is 0.303 e. The van der Waals surface area contributed by atoms with Crippen molar-refractivity contribution in [3.63, 3.8) is 0 Å². The molecule has 0 heterocycles. The lowest BCUT2D eigenvalue weighted by molar-refractivity contribution is -0.143. The van der Waals surface area contributed by atoms with Crippen molar-refractivity contribution in [2.45, 2.75) is 122 Å². The summed E-state index contributed by atoms with van der Waals surface area (Å²) in [5, 5.41) is 34.2. The summed E-state index contributed by atoms with van der Waals surface area (Å²) in [7, 11) is 0. The molecule has 0 aromatic heterocycles. The molecule has 0 aliphatic rings. The number of carboxylic acid groups (broad SMARTS) is 3. The minimum absolute atomic E-state index is 0.0853. The topological polar surface area (TPSA) is 132 Å². The molecular formula is C22H42O7. The molecule has 1 atom stereocenters. The largest absolute Gasteiger partial charge is 0.481 e. The Morgan fingerprint density at radius 3 is 1.28 bits per heavy atom. The zero-order chi connectivity index (χ0) is 22.3. The van der Waals surface area contributed by atoms with Crippen molar-refractivity contribution in [1.82, 2.24) is 0 Å². The van der Waals surface area contributed by atoms with Crippen molar-refractivity contribution >= 4 is 17.9 Å².